The molecule has 0 aliphatic rings. The van der Waals surface area contributed by atoms with Gasteiger partial charge in [0.25, 0.3) is 0 Å². The van der Waals surface area contributed by atoms with Gasteiger partial charge in [0.05, 0.1) is 0 Å². The van der Waals surface area contributed by atoms with Gasteiger partial charge in [-0.25, -0.2) is 0 Å². The molecule has 0 spiro atoms. The van der Waals surface area contributed by atoms with Crippen LogP contribution < -0.4 is 4.74 Å². The van der Waals surface area contributed by atoms with Crippen LogP contribution in [0.25, 0.3) is 0 Å². The minimum Gasteiger partial charge on any atom is -0.457 e. The number of benzene rings is 2. The fraction of sp³-hybridized carbons (Fsp3) is 0. The first-order valence-electron chi connectivity index (χ1n) is 4.23. The van der Waals surface area contributed by atoms with Gasteiger partial charge in [-0.05, 0) is 24.3 Å². The molecule has 2 aromatic rings. The van der Waals surface area contributed by atoms with Crippen molar-refractivity contribution in [3.8, 4) is 11.5 Å². The van der Waals surface area contributed by atoms with Crippen LogP contribution in [-0.2, 0) is 0 Å². The Morgan fingerprint density at radius 3 is 1.29 bits per heavy atom. The topological polar surface area (TPSA) is 9.23 Å². The van der Waals surface area contributed by atoms with Crippen molar-refractivity contribution < 1.29 is 4.74 Å². The van der Waals surface area contributed by atoms with Crippen LogP contribution >= 0.6 is 0 Å². The zero-order valence-corrected chi connectivity index (χ0v) is 10.2. The van der Waals surface area contributed by atoms with Crippen molar-refractivity contribution >= 4 is 24.4 Å². The van der Waals surface area contributed by atoms with Crippen LogP contribution in [-0.4, -0.2) is 24.4 Å². The van der Waals surface area contributed by atoms with E-state index in [-0.39, 0.29) is 24.4 Å². The molecule has 69 valence electrons. The predicted octanol–water partition coefficient (Wildman–Crippen LogP) is 3.10. The third kappa shape index (κ3) is 3.08. The molecule has 0 heterocycles. The van der Waals surface area contributed by atoms with Gasteiger partial charge < -0.3 is 4.74 Å². The smallest absolute Gasteiger partial charge is 0.127 e. The maximum absolute atomic E-state index is 5.58. The van der Waals surface area contributed by atoms with E-state index in [0.717, 1.165) is 11.5 Å². The minimum absolute atomic E-state index is 0. The van der Waals surface area contributed by atoms with Crippen molar-refractivity contribution in [1.29, 1.82) is 0 Å². The van der Waals surface area contributed by atoms with Crippen molar-refractivity contribution in [2.24, 2.45) is 0 Å². The number of ether oxygens (including phenoxy) is 1. The van der Waals surface area contributed by atoms with Crippen molar-refractivity contribution in [1.82, 2.24) is 0 Å². The van der Waals surface area contributed by atoms with Gasteiger partial charge in [-0.1, -0.05) is 36.4 Å². The first kappa shape index (κ1) is 11.1. The molecule has 3 radical (unpaired) electrons. The van der Waals surface area contributed by atoms with E-state index in [1.807, 2.05) is 60.7 Å². The molecule has 0 amide bonds. The van der Waals surface area contributed by atoms with Crippen LogP contribution in [0.4, 0.5) is 0 Å². The van der Waals surface area contributed by atoms with Crippen molar-refractivity contribution in [2.45, 2.75) is 0 Å². The summed E-state index contributed by atoms with van der Waals surface area (Å²) in [7, 11) is 0. The average Bonchev–Trinajstić information content (AvgIpc) is 2.21. The summed E-state index contributed by atoms with van der Waals surface area (Å²) >= 11 is 0. The summed E-state index contributed by atoms with van der Waals surface area (Å²) in [6.45, 7) is 0. The van der Waals surface area contributed by atoms with Gasteiger partial charge in [-0.3, -0.25) is 0 Å². The zero-order chi connectivity index (χ0) is 8.93. The molecule has 0 fully saturated rings. The van der Waals surface area contributed by atoms with Crippen molar-refractivity contribution in [3.05, 3.63) is 60.7 Å². The maximum Gasteiger partial charge on any atom is 0.127 e. The molecule has 0 saturated carbocycles. The molecule has 1 nitrogen and oxygen atoms in total. The number of hydrogen-bond acceptors (Lipinski definition) is 1. The molecule has 2 heteroatoms. The third-order valence-corrected chi connectivity index (χ3v) is 1.72. The predicted molar refractivity (Wildman–Crippen MR) is 58.7 cm³/mol. The first-order chi connectivity index (χ1) is 6.45. The second kappa shape index (κ2) is 5.72. The van der Waals surface area contributed by atoms with Gasteiger partial charge in [-0.15, -0.1) is 0 Å². The summed E-state index contributed by atoms with van der Waals surface area (Å²) in [6, 6.07) is 19.5. The van der Waals surface area contributed by atoms with Crippen LogP contribution in [0.15, 0.2) is 60.7 Å². The van der Waals surface area contributed by atoms with E-state index in [2.05, 4.69) is 0 Å². The van der Waals surface area contributed by atoms with Gasteiger partial charge in [0.2, 0.25) is 0 Å². The zero-order valence-electron chi connectivity index (χ0n) is 7.63. The second-order valence-electron chi connectivity index (χ2n) is 2.73. The Balaban J connectivity index is 0.000000980. The normalized spacial score (nSPS) is 8.86. The van der Waals surface area contributed by atoms with E-state index >= 15 is 0 Å². The average molecular weight is 292 g/mol. The van der Waals surface area contributed by atoms with Gasteiger partial charge in [0.15, 0.2) is 0 Å². The quantitative estimate of drug-likeness (QED) is 0.773. The summed E-state index contributed by atoms with van der Waals surface area (Å²) in [5.41, 5.74) is 0. The van der Waals surface area contributed by atoms with Crippen LogP contribution in [0.5, 0.6) is 11.5 Å². The minimum atomic E-state index is 0. The van der Waals surface area contributed by atoms with E-state index in [1.165, 1.54) is 0 Å². The largest absolute Gasteiger partial charge is 0.457 e. The molecule has 2 aromatic carbocycles. The molecular formula is C12H10OSb. The van der Waals surface area contributed by atoms with E-state index in [1.54, 1.807) is 0 Å². The van der Waals surface area contributed by atoms with Gasteiger partial charge in [0, 0.05) is 24.4 Å². The molecule has 14 heavy (non-hydrogen) atoms. The Morgan fingerprint density at radius 2 is 0.929 bits per heavy atom. The SMILES string of the molecule is [Sb].c1ccc(Oc2ccccc2)cc1. The molecule has 0 saturated heterocycles. The van der Waals surface area contributed by atoms with Crippen LogP contribution in [0.3, 0.4) is 0 Å². The monoisotopic (exact) mass is 291 g/mol. The number of para-hydroxylation sites is 2. The fourth-order valence-electron chi connectivity index (χ4n) is 1.11. The van der Waals surface area contributed by atoms with Gasteiger partial charge >= 0.3 is 0 Å². The summed E-state index contributed by atoms with van der Waals surface area (Å²) in [6.07, 6.45) is 0. The molecule has 0 aliphatic carbocycles. The molecule has 2 rings (SSSR count). The number of hydrogen-bond donors (Lipinski definition) is 0. The van der Waals surface area contributed by atoms with E-state index in [4.69, 9.17) is 4.74 Å². The van der Waals surface area contributed by atoms with E-state index < -0.39 is 0 Å². The summed E-state index contributed by atoms with van der Waals surface area (Å²) in [5, 5.41) is 0. The van der Waals surface area contributed by atoms with Crippen LogP contribution in [0.2, 0.25) is 0 Å². The standard InChI is InChI=1S/C12H10O.Sb/c1-3-7-11(8-4-1)13-12-9-5-2-6-10-12;/h1-10H;. The van der Waals surface area contributed by atoms with Crippen molar-refractivity contribution in [2.75, 3.05) is 0 Å². The molecular weight excluding hydrogens is 282 g/mol. The maximum atomic E-state index is 5.58. The molecule has 0 aliphatic heterocycles. The summed E-state index contributed by atoms with van der Waals surface area (Å²) in [5.74, 6) is 1.74. The van der Waals surface area contributed by atoms with E-state index in [0.29, 0.717) is 0 Å². The Labute approximate surface area is 101 Å². The molecule has 0 bridgehead atoms. The van der Waals surface area contributed by atoms with Crippen molar-refractivity contribution in [3.63, 3.8) is 0 Å². The third-order valence-electron chi connectivity index (χ3n) is 1.72. The first-order valence-corrected chi connectivity index (χ1v) is 4.23. The molecule has 0 atom stereocenters. The molecule has 0 N–H and O–H groups in total. The fourth-order valence-corrected chi connectivity index (χ4v) is 1.11. The van der Waals surface area contributed by atoms with E-state index in [9.17, 15) is 0 Å². The Morgan fingerprint density at radius 1 is 0.571 bits per heavy atom. The van der Waals surface area contributed by atoms with Crippen LogP contribution in [0, 0.1) is 0 Å². The Hall–Kier alpha value is -0.942. The Bertz CT molecular complexity index is 321. The van der Waals surface area contributed by atoms with Crippen LogP contribution in [0.1, 0.15) is 0 Å². The molecule has 0 unspecified atom stereocenters. The molecule has 0 aromatic heterocycles. The van der Waals surface area contributed by atoms with Gasteiger partial charge in [0.1, 0.15) is 11.5 Å². The summed E-state index contributed by atoms with van der Waals surface area (Å²) < 4.78 is 5.58. The van der Waals surface area contributed by atoms with Gasteiger partial charge in [-0.2, -0.15) is 0 Å². The summed E-state index contributed by atoms with van der Waals surface area (Å²) in [4.78, 5) is 0. The Kier molecular flexibility index (Phi) is 4.55. The second-order valence-corrected chi connectivity index (χ2v) is 2.73. The number of rotatable bonds is 2.